The molecule has 1 unspecified atom stereocenters. The predicted molar refractivity (Wildman–Crippen MR) is 84.7 cm³/mol. The number of hydrogen-bond acceptors (Lipinski definition) is 2. The van der Waals surface area contributed by atoms with Crippen molar-refractivity contribution in [3.63, 3.8) is 0 Å². The van der Waals surface area contributed by atoms with Crippen LogP contribution in [-0.4, -0.2) is 24.7 Å². The van der Waals surface area contributed by atoms with Crippen molar-refractivity contribution in [1.82, 2.24) is 5.32 Å². The van der Waals surface area contributed by atoms with Crippen molar-refractivity contribution in [3.8, 4) is 0 Å². The van der Waals surface area contributed by atoms with Crippen LogP contribution < -0.4 is 10.2 Å². The van der Waals surface area contributed by atoms with Gasteiger partial charge in [-0.05, 0) is 53.9 Å². The molecule has 1 aliphatic carbocycles. The first-order chi connectivity index (χ1) is 9.60. The molecule has 0 bridgehead atoms. The van der Waals surface area contributed by atoms with E-state index in [1.54, 1.807) is 6.07 Å². The lowest BCUT2D eigenvalue weighted by Gasteiger charge is -2.50. The summed E-state index contributed by atoms with van der Waals surface area (Å²) in [5.41, 5.74) is 1.39. The average molecular weight is 341 g/mol. The van der Waals surface area contributed by atoms with E-state index in [1.165, 1.54) is 32.1 Å². The first-order valence-corrected chi connectivity index (χ1v) is 8.36. The Morgan fingerprint density at radius 1 is 1.30 bits per heavy atom. The topological polar surface area (TPSA) is 15.3 Å². The predicted octanol–water partition coefficient (Wildman–Crippen LogP) is 4.09. The van der Waals surface area contributed by atoms with Gasteiger partial charge < -0.3 is 10.2 Å². The summed E-state index contributed by atoms with van der Waals surface area (Å²) in [6.07, 6.45) is 6.53. The molecule has 2 fully saturated rings. The van der Waals surface area contributed by atoms with Crippen molar-refractivity contribution >= 4 is 21.6 Å². The maximum absolute atomic E-state index is 13.4. The molecular formula is C16H22BrFN2. The molecule has 110 valence electrons. The van der Waals surface area contributed by atoms with Crippen molar-refractivity contribution in [2.45, 2.75) is 50.6 Å². The molecule has 1 N–H and O–H groups in total. The lowest BCUT2D eigenvalue weighted by atomic mass is 9.79. The number of halogens is 2. The van der Waals surface area contributed by atoms with Gasteiger partial charge in [0.15, 0.2) is 0 Å². The number of anilines is 1. The van der Waals surface area contributed by atoms with Crippen LogP contribution in [0.2, 0.25) is 0 Å². The van der Waals surface area contributed by atoms with Crippen LogP contribution in [0.4, 0.5) is 10.1 Å². The third-order valence-electron chi connectivity index (χ3n) is 4.82. The molecule has 1 aliphatic heterocycles. The summed E-state index contributed by atoms with van der Waals surface area (Å²) >= 11 is 3.30. The van der Waals surface area contributed by atoms with Crippen LogP contribution in [-0.2, 0) is 0 Å². The molecule has 4 heteroatoms. The fraction of sp³-hybridized carbons (Fsp3) is 0.625. The fourth-order valence-corrected chi connectivity index (χ4v) is 3.95. The van der Waals surface area contributed by atoms with E-state index in [1.807, 2.05) is 12.1 Å². The highest BCUT2D eigenvalue weighted by atomic mass is 79.9. The number of nitrogens with zero attached hydrogens (tertiary/aromatic N) is 1. The standard InChI is InChI=1S/C16H22BrFN2/c1-12-10-19-16(7-3-2-4-8-16)11-20(12)13-5-6-15(18)14(17)9-13/h5-6,9,12,19H,2-4,7-8,10-11H2,1H3. The van der Waals surface area contributed by atoms with E-state index in [4.69, 9.17) is 0 Å². The van der Waals surface area contributed by atoms with E-state index in [9.17, 15) is 4.39 Å². The Labute approximate surface area is 128 Å². The second-order valence-corrected chi connectivity index (χ2v) is 7.15. The summed E-state index contributed by atoms with van der Waals surface area (Å²) in [5, 5.41) is 3.78. The second kappa shape index (κ2) is 5.64. The minimum Gasteiger partial charge on any atom is -0.366 e. The highest BCUT2D eigenvalue weighted by Crippen LogP contribution is 2.34. The van der Waals surface area contributed by atoms with Crippen molar-refractivity contribution in [2.75, 3.05) is 18.0 Å². The van der Waals surface area contributed by atoms with E-state index in [0.29, 0.717) is 10.5 Å². The maximum Gasteiger partial charge on any atom is 0.137 e. The van der Waals surface area contributed by atoms with Gasteiger partial charge in [0, 0.05) is 30.4 Å². The zero-order valence-electron chi connectivity index (χ0n) is 12.0. The van der Waals surface area contributed by atoms with Gasteiger partial charge in [-0.15, -0.1) is 0 Å². The first kappa shape index (κ1) is 14.3. The lowest BCUT2D eigenvalue weighted by molar-refractivity contribution is 0.200. The van der Waals surface area contributed by atoms with E-state index in [-0.39, 0.29) is 11.4 Å². The van der Waals surface area contributed by atoms with Gasteiger partial charge in [-0.2, -0.15) is 0 Å². The van der Waals surface area contributed by atoms with E-state index in [2.05, 4.69) is 33.1 Å². The normalized spacial score (nSPS) is 25.9. The van der Waals surface area contributed by atoms with Gasteiger partial charge in [0.05, 0.1) is 4.47 Å². The molecular weight excluding hydrogens is 319 g/mol. The lowest BCUT2D eigenvalue weighted by Crippen LogP contribution is -2.64. The maximum atomic E-state index is 13.4. The largest absolute Gasteiger partial charge is 0.366 e. The quantitative estimate of drug-likeness (QED) is 0.828. The summed E-state index contributed by atoms with van der Waals surface area (Å²) < 4.78 is 14.0. The Bertz CT molecular complexity index is 485. The van der Waals surface area contributed by atoms with E-state index in [0.717, 1.165) is 18.8 Å². The third kappa shape index (κ3) is 2.73. The highest BCUT2D eigenvalue weighted by molar-refractivity contribution is 9.10. The van der Waals surface area contributed by atoms with Gasteiger partial charge in [-0.3, -0.25) is 0 Å². The molecule has 1 heterocycles. The van der Waals surface area contributed by atoms with Crippen molar-refractivity contribution in [1.29, 1.82) is 0 Å². The van der Waals surface area contributed by atoms with Gasteiger partial charge in [-0.1, -0.05) is 19.3 Å². The molecule has 1 saturated carbocycles. The first-order valence-electron chi connectivity index (χ1n) is 7.56. The summed E-state index contributed by atoms with van der Waals surface area (Å²) in [4.78, 5) is 2.44. The molecule has 20 heavy (non-hydrogen) atoms. The highest BCUT2D eigenvalue weighted by Gasteiger charge is 2.38. The van der Waals surface area contributed by atoms with Crippen LogP contribution in [0.25, 0.3) is 0 Å². The van der Waals surface area contributed by atoms with Crippen LogP contribution in [0.5, 0.6) is 0 Å². The smallest absolute Gasteiger partial charge is 0.137 e. The van der Waals surface area contributed by atoms with Crippen LogP contribution in [0.1, 0.15) is 39.0 Å². The molecule has 1 spiro atoms. The number of hydrogen-bond donors (Lipinski definition) is 1. The third-order valence-corrected chi connectivity index (χ3v) is 5.43. The van der Waals surface area contributed by atoms with E-state index >= 15 is 0 Å². The molecule has 3 rings (SSSR count). The van der Waals surface area contributed by atoms with Gasteiger partial charge in [0.25, 0.3) is 0 Å². The summed E-state index contributed by atoms with van der Waals surface area (Å²) in [6.45, 7) is 4.28. The van der Waals surface area contributed by atoms with Crippen molar-refractivity contribution in [2.24, 2.45) is 0 Å². The van der Waals surface area contributed by atoms with E-state index < -0.39 is 0 Å². The van der Waals surface area contributed by atoms with Crippen molar-refractivity contribution in [3.05, 3.63) is 28.5 Å². The summed E-state index contributed by atoms with van der Waals surface area (Å²) in [7, 11) is 0. The fourth-order valence-electron chi connectivity index (χ4n) is 3.59. The Hall–Kier alpha value is -0.610. The van der Waals surface area contributed by atoms with Crippen LogP contribution in [0.15, 0.2) is 22.7 Å². The molecule has 0 aromatic heterocycles. The minimum absolute atomic E-state index is 0.191. The van der Waals surface area contributed by atoms with Crippen LogP contribution in [0.3, 0.4) is 0 Å². The monoisotopic (exact) mass is 340 g/mol. The van der Waals surface area contributed by atoms with Gasteiger partial charge in [0.2, 0.25) is 0 Å². The SMILES string of the molecule is CC1CNC2(CCCCC2)CN1c1ccc(F)c(Br)c1. The minimum atomic E-state index is -0.191. The number of rotatable bonds is 1. The molecule has 1 atom stereocenters. The summed E-state index contributed by atoms with van der Waals surface area (Å²) in [6, 6.07) is 5.81. The number of piperazine rings is 1. The second-order valence-electron chi connectivity index (χ2n) is 6.30. The van der Waals surface area contributed by atoms with Crippen LogP contribution in [0, 0.1) is 5.82 Å². The zero-order chi connectivity index (χ0) is 14.2. The number of benzene rings is 1. The molecule has 0 radical (unpaired) electrons. The molecule has 2 aliphatic rings. The summed E-state index contributed by atoms with van der Waals surface area (Å²) in [5.74, 6) is -0.191. The van der Waals surface area contributed by atoms with Crippen molar-refractivity contribution < 1.29 is 4.39 Å². The molecule has 1 saturated heterocycles. The Balaban J connectivity index is 1.84. The Kier molecular flexibility index (Phi) is 4.04. The zero-order valence-corrected chi connectivity index (χ0v) is 13.5. The average Bonchev–Trinajstić information content (AvgIpc) is 2.46. The Morgan fingerprint density at radius 2 is 2.05 bits per heavy atom. The molecule has 0 amide bonds. The van der Waals surface area contributed by atoms with Gasteiger partial charge in [0.1, 0.15) is 5.82 Å². The number of nitrogens with one attached hydrogen (secondary N) is 1. The molecule has 1 aromatic carbocycles. The van der Waals surface area contributed by atoms with Crippen LogP contribution >= 0.6 is 15.9 Å². The molecule has 1 aromatic rings. The van der Waals surface area contributed by atoms with Gasteiger partial charge in [-0.25, -0.2) is 4.39 Å². The Morgan fingerprint density at radius 3 is 2.75 bits per heavy atom. The van der Waals surface area contributed by atoms with Gasteiger partial charge >= 0.3 is 0 Å². The molecule has 2 nitrogen and oxygen atoms in total.